The first-order valence-corrected chi connectivity index (χ1v) is 9.92. The lowest BCUT2D eigenvalue weighted by molar-refractivity contribution is -0.119. The number of sulfonamides is 1. The molecule has 6 N–H and O–H groups in total. The van der Waals surface area contributed by atoms with E-state index in [9.17, 15) is 23.1 Å². The molecule has 3 aromatic rings. The van der Waals surface area contributed by atoms with Crippen LogP contribution in [0.15, 0.2) is 56.6 Å². The molecule has 4 rings (SSSR count). The highest BCUT2D eigenvalue weighted by Crippen LogP contribution is 2.34. The molecule has 30 heavy (non-hydrogen) atoms. The Kier molecular flexibility index (Phi) is 4.35. The van der Waals surface area contributed by atoms with Crippen LogP contribution in [0.3, 0.4) is 0 Å². The summed E-state index contributed by atoms with van der Waals surface area (Å²) in [4.78, 5) is 23.3. The number of nitrogens with zero attached hydrogens (tertiary/aromatic N) is 2. The second kappa shape index (κ2) is 6.77. The average molecular weight is 429 g/mol. The Morgan fingerprint density at radius 2 is 1.97 bits per heavy atom. The zero-order valence-electron chi connectivity index (χ0n) is 15.2. The number of aromatic hydroxyl groups is 1. The molecule has 0 atom stereocenters. The predicted octanol–water partition coefficient (Wildman–Crippen LogP) is -0.154. The molecule has 0 bridgehead atoms. The van der Waals surface area contributed by atoms with E-state index in [0.29, 0.717) is 0 Å². The van der Waals surface area contributed by atoms with Gasteiger partial charge in [-0.1, -0.05) is 12.1 Å². The number of rotatable bonds is 4. The summed E-state index contributed by atoms with van der Waals surface area (Å²) in [5, 5.41) is 13.6. The second-order valence-corrected chi connectivity index (χ2v) is 7.94. The number of aromatic nitrogens is 1. The van der Waals surface area contributed by atoms with Gasteiger partial charge in [-0.25, -0.2) is 4.68 Å². The van der Waals surface area contributed by atoms with Crippen molar-refractivity contribution in [3.63, 3.8) is 0 Å². The molecule has 2 aromatic carbocycles. The SMILES string of the molecule is NC(=O)COc1ccc2c(c1)S(=O)(=O)N=C(c1c(O)c3ccccc3n(N)c1=O)N2. The van der Waals surface area contributed by atoms with Gasteiger partial charge in [-0.15, -0.1) is 4.40 Å². The van der Waals surface area contributed by atoms with Gasteiger partial charge in [-0.05, 0) is 24.3 Å². The molecular formula is C18H15N5O6S. The molecule has 0 saturated carbocycles. The Bertz CT molecular complexity index is 1410. The Labute approximate surface area is 169 Å². The van der Waals surface area contributed by atoms with Crippen LogP contribution in [0.25, 0.3) is 10.9 Å². The highest BCUT2D eigenvalue weighted by molar-refractivity contribution is 7.90. The smallest absolute Gasteiger partial charge is 0.286 e. The van der Waals surface area contributed by atoms with Crippen LogP contribution >= 0.6 is 0 Å². The molecule has 0 fully saturated rings. The summed E-state index contributed by atoms with van der Waals surface area (Å²) in [6.07, 6.45) is 0. The Balaban J connectivity index is 1.85. The lowest BCUT2D eigenvalue weighted by atomic mass is 10.1. The van der Waals surface area contributed by atoms with E-state index < -0.39 is 33.8 Å². The van der Waals surface area contributed by atoms with Crippen LogP contribution in [0.2, 0.25) is 0 Å². The number of carbonyl (C=O) groups excluding carboxylic acids is 1. The first-order valence-electron chi connectivity index (χ1n) is 8.48. The van der Waals surface area contributed by atoms with E-state index in [-0.39, 0.29) is 38.6 Å². The highest BCUT2D eigenvalue weighted by atomic mass is 32.2. The van der Waals surface area contributed by atoms with E-state index in [2.05, 4.69) is 9.71 Å². The highest BCUT2D eigenvalue weighted by Gasteiger charge is 2.30. The molecule has 154 valence electrons. The minimum absolute atomic E-state index is 0.0921. The summed E-state index contributed by atoms with van der Waals surface area (Å²) in [6, 6.07) is 10.3. The molecular weight excluding hydrogens is 414 g/mol. The van der Waals surface area contributed by atoms with Gasteiger partial charge in [0.15, 0.2) is 12.4 Å². The number of hydrogen-bond acceptors (Lipinski definition) is 8. The normalized spacial score (nSPS) is 14.5. The van der Waals surface area contributed by atoms with Gasteiger partial charge in [0.25, 0.3) is 21.5 Å². The number of amides is 1. The van der Waals surface area contributed by atoms with Gasteiger partial charge in [0.1, 0.15) is 22.0 Å². The van der Waals surface area contributed by atoms with E-state index in [1.54, 1.807) is 12.1 Å². The Morgan fingerprint density at radius 1 is 1.23 bits per heavy atom. The summed E-state index contributed by atoms with van der Waals surface area (Å²) in [7, 11) is -4.27. The third-order valence-corrected chi connectivity index (χ3v) is 5.72. The lowest BCUT2D eigenvalue weighted by Gasteiger charge is -2.20. The second-order valence-electron chi connectivity index (χ2n) is 6.37. The number of fused-ring (bicyclic) bond motifs is 2. The molecule has 0 radical (unpaired) electrons. The Morgan fingerprint density at radius 3 is 2.70 bits per heavy atom. The number of carbonyl (C=O) groups is 1. The monoisotopic (exact) mass is 429 g/mol. The number of pyridine rings is 1. The summed E-state index contributed by atoms with van der Waals surface area (Å²) in [5.41, 5.74) is 4.15. The summed E-state index contributed by atoms with van der Waals surface area (Å²) in [5.74, 6) is 4.38. The van der Waals surface area contributed by atoms with E-state index in [0.717, 1.165) is 4.68 Å². The number of nitrogens with two attached hydrogens (primary N) is 2. The topological polar surface area (TPSA) is 179 Å². The lowest BCUT2D eigenvalue weighted by Crippen LogP contribution is -2.35. The molecule has 0 spiro atoms. The van der Waals surface area contributed by atoms with E-state index in [4.69, 9.17) is 16.3 Å². The third kappa shape index (κ3) is 3.08. The minimum atomic E-state index is -4.27. The van der Waals surface area contributed by atoms with Crippen LogP contribution in [-0.4, -0.2) is 36.6 Å². The standard InChI is InChI=1S/C18H15N5O6S/c19-14(24)8-29-9-5-6-11-13(7-9)30(27,28)22-17(21-11)15-16(25)10-3-1-2-4-12(10)23(20)18(15)26/h1-7,25H,8,20H2,(H2,19,24)(H,21,22). The number of hydrogen-bond donors (Lipinski definition) is 4. The zero-order valence-corrected chi connectivity index (χ0v) is 16.0. The number of benzene rings is 2. The first-order chi connectivity index (χ1) is 14.2. The molecule has 12 heteroatoms. The fourth-order valence-electron chi connectivity index (χ4n) is 3.05. The number of anilines is 1. The fraction of sp³-hybridized carbons (Fsp3) is 0.0556. The van der Waals surface area contributed by atoms with Gasteiger partial charge in [-0.3, -0.25) is 9.59 Å². The van der Waals surface area contributed by atoms with Gasteiger partial charge in [0.2, 0.25) is 0 Å². The van der Waals surface area contributed by atoms with Crippen molar-refractivity contribution >= 4 is 38.4 Å². The van der Waals surface area contributed by atoms with Crippen molar-refractivity contribution in [2.75, 3.05) is 17.8 Å². The van der Waals surface area contributed by atoms with Crippen molar-refractivity contribution in [1.29, 1.82) is 0 Å². The van der Waals surface area contributed by atoms with Crippen molar-refractivity contribution in [1.82, 2.24) is 4.68 Å². The van der Waals surface area contributed by atoms with Crippen LogP contribution in [0.4, 0.5) is 5.69 Å². The molecule has 1 amide bonds. The average Bonchev–Trinajstić information content (AvgIpc) is 2.70. The van der Waals surface area contributed by atoms with E-state index in [1.807, 2.05) is 0 Å². The summed E-state index contributed by atoms with van der Waals surface area (Å²) < 4.78 is 35.0. The molecule has 11 nitrogen and oxygen atoms in total. The Hall–Kier alpha value is -4.06. The van der Waals surface area contributed by atoms with Crippen molar-refractivity contribution in [2.24, 2.45) is 10.1 Å². The molecule has 0 saturated heterocycles. The van der Waals surface area contributed by atoms with Gasteiger partial charge in [0, 0.05) is 11.5 Å². The van der Waals surface area contributed by atoms with Crippen LogP contribution in [-0.2, 0) is 14.8 Å². The van der Waals surface area contributed by atoms with E-state index in [1.165, 1.54) is 30.3 Å². The van der Waals surface area contributed by atoms with Crippen molar-refractivity contribution in [3.8, 4) is 11.5 Å². The maximum absolute atomic E-state index is 12.7. The van der Waals surface area contributed by atoms with Gasteiger partial charge >= 0.3 is 0 Å². The number of nitrogens with one attached hydrogen (secondary N) is 1. The number of primary amides is 1. The van der Waals surface area contributed by atoms with Gasteiger partial charge in [0.05, 0.1) is 11.2 Å². The number of amidine groups is 1. The summed E-state index contributed by atoms with van der Waals surface area (Å²) >= 11 is 0. The molecule has 1 aliphatic heterocycles. The number of nitrogen functional groups attached to an aromatic ring is 1. The zero-order chi connectivity index (χ0) is 21.6. The van der Waals surface area contributed by atoms with Crippen molar-refractivity contribution < 1.29 is 23.1 Å². The fourth-order valence-corrected chi connectivity index (χ4v) is 4.19. The maximum atomic E-state index is 12.7. The molecule has 0 aliphatic carbocycles. The van der Waals surface area contributed by atoms with Crippen LogP contribution in [0.1, 0.15) is 5.56 Å². The maximum Gasteiger partial charge on any atom is 0.286 e. The summed E-state index contributed by atoms with van der Waals surface area (Å²) in [6.45, 7) is -0.429. The van der Waals surface area contributed by atoms with Gasteiger partial charge in [-0.2, -0.15) is 8.42 Å². The predicted molar refractivity (Wildman–Crippen MR) is 109 cm³/mol. The molecule has 0 unspecified atom stereocenters. The molecule has 2 heterocycles. The number of ether oxygens (including phenoxy) is 1. The largest absolute Gasteiger partial charge is 0.506 e. The quantitative estimate of drug-likeness (QED) is 0.413. The van der Waals surface area contributed by atoms with Crippen LogP contribution in [0.5, 0.6) is 11.5 Å². The third-order valence-electron chi connectivity index (χ3n) is 4.40. The van der Waals surface area contributed by atoms with Crippen molar-refractivity contribution in [3.05, 3.63) is 58.4 Å². The van der Waals surface area contributed by atoms with Crippen LogP contribution < -0.4 is 27.2 Å². The molecule has 1 aromatic heterocycles. The van der Waals surface area contributed by atoms with E-state index >= 15 is 0 Å². The first kappa shape index (κ1) is 19.3. The van der Waals surface area contributed by atoms with Gasteiger partial charge < -0.3 is 26.7 Å². The van der Waals surface area contributed by atoms with Crippen molar-refractivity contribution in [2.45, 2.75) is 4.90 Å². The minimum Gasteiger partial charge on any atom is -0.506 e. The molecule has 1 aliphatic rings. The number of para-hydroxylation sites is 1. The van der Waals surface area contributed by atoms with Crippen LogP contribution in [0, 0.1) is 0 Å².